The van der Waals surface area contributed by atoms with E-state index in [4.69, 9.17) is 19.4 Å². The summed E-state index contributed by atoms with van der Waals surface area (Å²) in [7, 11) is 1.69. The minimum absolute atomic E-state index is 0.509. The molecule has 0 unspecified atom stereocenters. The molecule has 0 bridgehead atoms. The number of aromatic nitrogens is 4. The molecule has 0 saturated heterocycles. The number of anilines is 3. The molecule has 2 aliphatic rings. The van der Waals surface area contributed by atoms with Crippen molar-refractivity contribution in [2.75, 3.05) is 23.9 Å². The van der Waals surface area contributed by atoms with Gasteiger partial charge >= 0.3 is 0 Å². The topological polar surface area (TPSA) is 88.2 Å². The monoisotopic (exact) mass is 414 g/mol. The number of nitrogens with zero attached hydrogens (tertiary/aromatic N) is 4. The van der Waals surface area contributed by atoms with Crippen molar-refractivity contribution in [3.05, 3.63) is 65.0 Å². The van der Waals surface area contributed by atoms with Gasteiger partial charge in [0.25, 0.3) is 0 Å². The lowest BCUT2D eigenvalue weighted by Crippen LogP contribution is -2.22. The van der Waals surface area contributed by atoms with Crippen molar-refractivity contribution < 1.29 is 9.47 Å². The molecule has 2 N–H and O–H groups in total. The summed E-state index contributed by atoms with van der Waals surface area (Å²) in [4.78, 5) is 12.0. The molecule has 0 radical (unpaired) electrons. The molecule has 4 heterocycles. The van der Waals surface area contributed by atoms with E-state index in [0.29, 0.717) is 19.2 Å². The minimum Gasteiger partial charge on any atom is -0.497 e. The van der Waals surface area contributed by atoms with Crippen LogP contribution in [0.1, 0.15) is 22.4 Å². The van der Waals surface area contributed by atoms with E-state index in [-0.39, 0.29) is 0 Å². The van der Waals surface area contributed by atoms with Crippen LogP contribution in [-0.4, -0.2) is 33.9 Å². The van der Waals surface area contributed by atoms with E-state index >= 15 is 0 Å². The zero-order valence-corrected chi connectivity index (χ0v) is 17.2. The number of H-pyrrole nitrogens is 1. The van der Waals surface area contributed by atoms with Crippen molar-refractivity contribution >= 4 is 28.4 Å². The second-order valence-electron chi connectivity index (χ2n) is 7.89. The summed E-state index contributed by atoms with van der Waals surface area (Å²) in [6, 6.07) is 12.3. The van der Waals surface area contributed by atoms with Crippen molar-refractivity contribution in [3.8, 4) is 5.75 Å². The molecule has 0 aliphatic carbocycles. The standard InChI is InChI=1S/C23H22N6O2/c1-30-18-4-2-14-11-29(12-16(14)9-18)23-26-21-13-31-7-6-19(21)22(27-23)25-17-3-5-20-15(8-17)10-24-28-20/h2-5,8-10H,6-7,11-13H2,1H3,(H,24,28)(H,25,26,27). The van der Waals surface area contributed by atoms with Crippen LogP contribution in [0.4, 0.5) is 17.5 Å². The van der Waals surface area contributed by atoms with Gasteiger partial charge in [-0.2, -0.15) is 10.1 Å². The fraction of sp³-hybridized carbons (Fsp3) is 0.261. The average molecular weight is 414 g/mol. The van der Waals surface area contributed by atoms with E-state index in [1.165, 1.54) is 11.1 Å². The second kappa shape index (κ2) is 7.24. The highest BCUT2D eigenvalue weighted by molar-refractivity contribution is 5.83. The first-order chi connectivity index (χ1) is 15.3. The van der Waals surface area contributed by atoms with Crippen molar-refractivity contribution in [1.29, 1.82) is 0 Å². The van der Waals surface area contributed by atoms with Gasteiger partial charge in [0, 0.05) is 36.1 Å². The highest BCUT2D eigenvalue weighted by atomic mass is 16.5. The number of hydrogen-bond acceptors (Lipinski definition) is 7. The van der Waals surface area contributed by atoms with Gasteiger partial charge in [-0.3, -0.25) is 5.10 Å². The Balaban J connectivity index is 1.36. The number of aromatic amines is 1. The minimum atomic E-state index is 0.509. The number of ether oxygens (including phenoxy) is 2. The highest BCUT2D eigenvalue weighted by Crippen LogP contribution is 2.33. The van der Waals surface area contributed by atoms with Crippen LogP contribution in [0, 0.1) is 0 Å². The van der Waals surface area contributed by atoms with Crippen molar-refractivity contribution in [2.24, 2.45) is 0 Å². The third-order valence-corrected chi connectivity index (χ3v) is 5.94. The third kappa shape index (κ3) is 3.25. The van der Waals surface area contributed by atoms with E-state index < -0.39 is 0 Å². The van der Waals surface area contributed by atoms with E-state index in [2.05, 4.69) is 38.6 Å². The van der Waals surface area contributed by atoms with Gasteiger partial charge in [0.15, 0.2) is 0 Å². The van der Waals surface area contributed by atoms with E-state index in [0.717, 1.165) is 58.9 Å². The molecule has 6 rings (SSSR count). The average Bonchev–Trinajstić information content (AvgIpc) is 3.45. The van der Waals surface area contributed by atoms with E-state index in [9.17, 15) is 0 Å². The molecule has 0 saturated carbocycles. The first kappa shape index (κ1) is 18.1. The van der Waals surface area contributed by atoms with Crippen LogP contribution in [0.2, 0.25) is 0 Å². The van der Waals surface area contributed by atoms with Crippen LogP contribution in [0.5, 0.6) is 5.75 Å². The predicted molar refractivity (Wildman–Crippen MR) is 118 cm³/mol. The zero-order valence-electron chi connectivity index (χ0n) is 17.2. The number of hydrogen-bond donors (Lipinski definition) is 2. The summed E-state index contributed by atoms with van der Waals surface area (Å²) >= 11 is 0. The van der Waals surface area contributed by atoms with Gasteiger partial charge in [0.2, 0.25) is 5.95 Å². The Kier molecular flexibility index (Phi) is 4.24. The van der Waals surface area contributed by atoms with Crippen molar-refractivity contribution in [2.45, 2.75) is 26.1 Å². The van der Waals surface area contributed by atoms with Gasteiger partial charge in [-0.25, -0.2) is 4.98 Å². The summed E-state index contributed by atoms with van der Waals surface area (Å²) in [5.41, 5.74) is 6.59. The van der Waals surface area contributed by atoms with Crippen LogP contribution in [0.3, 0.4) is 0 Å². The molecule has 2 aliphatic heterocycles. The van der Waals surface area contributed by atoms with Crippen molar-refractivity contribution in [1.82, 2.24) is 20.2 Å². The Hall–Kier alpha value is -3.65. The molecule has 0 fully saturated rings. The summed E-state index contributed by atoms with van der Waals surface area (Å²) in [5.74, 6) is 2.43. The Morgan fingerprint density at radius 1 is 1.10 bits per heavy atom. The van der Waals surface area contributed by atoms with E-state index in [1.54, 1.807) is 7.11 Å². The second-order valence-corrected chi connectivity index (χ2v) is 7.89. The highest BCUT2D eigenvalue weighted by Gasteiger charge is 2.25. The summed E-state index contributed by atoms with van der Waals surface area (Å²) in [6.45, 7) is 2.72. The number of benzene rings is 2. The normalized spacial score (nSPS) is 15.1. The molecule has 8 heteroatoms. The lowest BCUT2D eigenvalue weighted by atomic mass is 10.1. The molecule has 0 amide bonds. The molecule has 156 valence electrons. The fourth-order valence-electron chi connectivity index (χ4n) is 4.28. The van der Waals surface area contributed by atoms with Crippen LogP contribution in [0.15, 0.2) is 42.6 Å². The van der Waals surface area contributed by atoms with Gasteiger partial charge in [-0.05, 0) is 41.5 Å². The lowest BCUT2D eigenvalue weighted by Gasteiger charge is -2.23. The molecule has 0 spiro atoms. The van der Waals surface area contributed by atoms with Crippen LogP contribution < -0.4 is 15.0 Å². The number of methoxy groups -OCH3 is 1. The molecule has 0 atom stereocenters. The molecule has 2 aromatic carbocycles. The zero-order chi connectivity index (χ0) is 20.8. The quantitative estimate of drug-likeness (QED) is 0.526. The molecular formula is C23H22N6O2. The van der Waals surface area contributed by atoms with Gasteiger partial charge in [0.05, 0.1) is 37.7 Å². The first-order valence-electron chi connectivity index (χ1n) is 10.4. The lowest BCUT2D eigenvalue weighted by molar-refractivity contribution is 0.107. The van der Waals surface area contributed by atoms with Gasteiger partial charge in [0.1, 0.15) is 11.6 Å². The molecule has 8 nitrogen and oxygen atoms in total. The first-order valence-corrected chi connectivity index (χ1v) is 10.4. The SMILES string of the molecule is COc1ccc2c(c1)CN(c1nc3c(c(Nc4ccc5[nH]ncc5c4)n1)CCOC3)C2. The summed E-state index contributed by atoms with van der Waals surface area (Å²) in [5, 5.41) is 11.7. The smallest absolute Gasteiger partial charge is 0.228 e. The Morgan fingerprint density at radius 2 is 2.03 bits per heavy atom. The third-order valence-electron chi connectivity index (χ3n) is 5.94. The predicted octanol–water partition coefficient (Wildman–Crippen LogP) is 3.70. The largest absolute Gasteiger partial charge is 0.497 e. The maximum absolute atomic E-state index is 5.69. The number of fused-ring (bicyclic) bond motifs is 3. The van der Waals surface area contributed by atoms with Crippen LogP contribution in [0.25, 0.3) is 10.9 Å². The molecule has 31 heavy (non-hydrogen) atoms. The van der Waals surface area contributed by atoms with Crippen LogP contribution >= 0.6 is 0 Å². The van der Waals surface area contributed by atoms with E-state index in [1.807, 2.05) is 24.4 Å². The molecular weight excluding hydrogens is 392 g/mol. The fourth-order valence-corrected chi connectivity index (χ4v) is 4.28. The number of rotatable bonds is 4. The molecule has 2 aromatic heterocycles. The van der Waals surface area contributed by atoms with Crippen LogP contribution in [-0.2, 0) is 30.9 Å². The Bertz CT molecular complexity index is 1280. The maximum atomic E-state index is 5.69. The number of nitrogens with one attached hydrogen (secondary N) is 2. The molecule has 4 aromatic rings. The summed E-state index contributed by atoms with van der Waals surface area (Å²) < 4.78 is 11.1. The van der Waals surface area contributed by atoms with Gasteiger partial charge in [-0.15, -0.1) is 0 Å². The Labute approximate surface area is 179 Å². The summed E-state index contributed by atoms with van der Waals surface area (Å²) in [6.07, 6.45) is 2.62. The Morgan fingerprint density at radius 3 is 2.97 bits per heavy atom. The van der Waals surface area contributed by atoms with Gasteiger partial charge < -0.3 is 19.7 Å². The maximum Gasteiger partial charge on any atom is 0.228 e. The van der Waals surface area contributed by atoms with Crippen molar-refractivity contribution in [3.63, 3.8) is 0 Å². The van der Waals surface area contributed by atoms with Gasteiger partial charge in [-0.1, -0.05) is 6.07 Å².